The fourth-order valence-electron chi connectivity index (χ4n) is 1.23. The molecule has 0 radical (unpaired) electrons. The molecule has 68 valence electrons. The number of ether oxygens (including phenoxy) is 1. The number of hydrogen-bond acceptors (Lipinski definition) is 4. The Balaban J connectivity index is 2.75. The Labute approximate surface area is 75.4 Å². The summed E-state index contributed by atoms with van der Waals surface area (Å²) in [6.45, 7) is 1.91. The molecule has 0 saturated heterocycles. The maximum atomic E-state index is 4.94. The minimum atomic E-state index is 0.365. The molecule has 0 aliphatic rings. The van der Waals surface area contributed by atoms with Crippen LogP contribution in [0.25, 0.3) is 11.0 Å². The lowest BCUT2D eigenvalue weighted by Crippen LogP contribution is -1.94. The van der Waals surface area contributed by atoms with Gasteiger partial charge in [-0.05, 0) is 6.92 Å². The number of aromatic nitrogens is 4. The van der Waals surface area contributed by atoms with Gasteiger partial charge in [-0.25, -0.2) is 0 Å². The highest BCUT2D eigenvalue weighted by atomic mass is 16.5. The Hall–Kier alpha value is -1.65. The first-order valence-electron chi connectivity index (χ1n) is 3.92. The third-order valence-electron chi connectivity index (χ3n) is 1.85. The molecule has 0 fully saturated rings. The van der Waals surface area contributed by atoms with Crippen LogP contribution in [-0.2, 0) is 7.05 Å². The number of nitrogens with zero attached hydrogens (tertiary/aromatic N) is 4. The van der Waals surface area contributed by atoms with E-state index >= 15 is 0 Å². The van der Waals surface area contributed by atoms with E-state index in [0.29, 0.717) is 11.7 Å². The Bertz CT molecular complexity index is 449. The van der Waals surface area contributed by atoms with Gasteiger partial charge in [-0.15, -0.1) is 0 Å². The molecule has 2 aromatic rings. The van der Waals surface area contributed by atoms with Crippen molar-refractivity contribution in [3.8, 4) is 6.01 Å². The second-order valence-electron chi connectivity index (χ2n) is 2.84. The van der Waals surface area contributed by atoms with E-state index in [1.165, 1.54) is 0 Å². The van der Waals surface area contributed by atoms with Crippen molar-refractivity contribution in [2.24, 2.45) is 7.05 Å². The Morgan fingerprint density at radius 1 is 1.38 bits per heavy atom. The highest BCUT2D eigenvalue weighted by Gasteiger charge is 2.06. The third-order valence-corrected chi connectivity index (χ3v) is 1.85. The lowest BCUT2D eigenvalue weighted by Gasteiger charge is -1.97. The van der Waals surface area contributed by atoms with Gasteiger partial charge < -0.3 is 4.74 Å². The minimum Gasteiger partial charge on any atom is -0.467 e. The molecule has 5 heteroatoms. The number of fused-ring (bicyclic) bond motifs is 1. The summed E-state index contributed by atoms with van der Waals surface area (Å²) < 4.78 is 6.65. The van der Waals surface area contributed by atoms with Crippen LogP contribution in [0.2, 0.25) is 0 Å². The molecule has 2 rings (SSSR count). The highest BCUT2D eigenvalue weighted by Crippen LogP contribution is 2.15. The van der Waals surface area contributed by atoms with Crippen LogP contribution in [0.3, 0.4) is 0 Å². The summed E-state index contributed by atoms with van der Waals surface area (Å²) in [6, 6.07) is 0.365. The molecule has 5 nitrogen and oxygen atoms in total. The second kappa shape index (κ2) is 2.69. The van der Waals surface area contributed by atoms with Crippen LogP contribution in [0, 0.1) is 6.92 Å². The van der Waals surface area contributed by atoms with Crippen molar-refractivity contribution >= 4 is 11.0 Å². The predicted octanol–water partition coefficient (Wildman–Crippen LogP) is 0.680. The van der Waals surface area contributed by atoms with Gasteiger partial charge in [-0.2, -0.15) is 15.1 Å². The molecular weight excluding hydrogens is 168 g/mol. The lowest BCUT2D eigenvalue weighted by molar-refractivity contribution is 0.380. The van der Waals surface area contributed by atoms with E-state index in [-0.39, 0.29) is 0 Å². The van der Waals surface area contributed by atoms with Gasteiger partial charge in [0.2, 0.25) is 0 Å². The molecule has 2 aromatic heterocycles. The molecule has 0 aliphatic carbocycles. The fourth-order valence-corrected chi connectivity index (χ4v) is 1.23. The van der Waals surface area contributed by atoms with Gasteiger partial charge in [0.1, 0.15) is 0 Å². The maximum absolute atomic E-state index is 4.94. The van der Waals surface area contributed by atoms with Crippen molar-refractivity contribution in [3.63, 3.8) is 0 Å². The van der Waals surface area contributed by atoms with Crippen molar-refractivity contribution in [1.29, 1.82) is 0 Å². The van der Waals surface area contributed by atoms with Crippen LogP contribution in [0.1, 0.15) is 5.69 Å². The van der Waals surface area contributed by atoms with E-state index in [1.807, 2.05) is 20.2 Å². The molecular formula is C8H10N4O. The minimum absolute atomic E-state index is 0.365. The quantitative estimate of drug-likeness (QED) is 0.644. The Morgan fingerprint density at radius 3 is 2.85 bits per heavy atom. The summed E-state index contributed by atoms with van der Waals surface area (Å²) in [7, 11) is 3.40. The molecule has 0 amide bonds. The van der Waals surface area contributed by atoms with Crippen molar-refractivity contribution in [2.45, 2.75) is 6.92 Å². The highest BCUT2D eigenvalue weighted by molar-refractivity contribution is 5.76. The monoisotopic (exact) mass is 178 g/mol. The van der Waals surface area contributed by atoms with Crippen LogP contribution in [0.4, 0.5) is 0 Å². The maximum Gasteiger partial charge on any atom is 0.318 e. The zero-order valence-electron chi connectivity index (χ0n) is 7.77. The normalized spacial score (nSPS) is 10.7. The first kappa shape index (κ1) is 7.97. The summed E-state index contributed by atoms with van der Waals surface area (Å²) in [4.78, 5) is 8.26. The van der Waals surface area contributed by atoms with Crippen molar-refractivity contribution in [3.05, 3.63) is 11.9 Å². The third kappa shape index (κ3) is 1.22. The smallest absolute Gasteiger partial charge is 0.318 e. The topological polar surface area (TPSA) is 52.8 Å². The van der Waals surface area contributed by atoms with Crippen LogP contribution < -0.4 is 4.74 Å². The van der Waals surface area contributed by atoms with Gasteiger partial charge in [-0.1, -0.05) is 0 Å². The summed E-state index contributed by atoms with van der Waals surface area (Å²) >= 11 is 0. The summed E-state index contributed by atoms with van der Waals surface area (Å²) in [5.74, 6) is 0. The van der Waals surface area contributed by atoms with Crippen LogP contribution in [-0.4, -0.2) is 26.9 Å². The van der Waals surface area contributed by atoms with Crippen molar-refractivity contribution in [2.75, 3.05) is 7.11 Å². The molecule has 0 spiro atoms. The first-order chi connectivity index (χ1) is 6.20. The van der Waals surface area contributed by atoms with Crippen molar-refractivity contribution < 1.29 is 4.74 Å². The largest absolute Gasteiger partial charge is 0.467 e. The van der Waals surface area contributed by atoms with E-state index in [0.717, 1.165) is 11.1 Å². The fraction of sp³-hybridized carbons (Fsp3) is 0.375. The van der Waals surface area contributed by atoms with E-state index in [1.54, 1.807) is 11.8 Å². The lowest BCUT2D eigenvalue weighted by atomic mass is 10.3. The summed E-state index contributed by atoms with van der Waals surface area (Å²) in [5.41, 5.74) is 1.56. The molecule has 0 aromatic carbocycles. The second-order valence-corrected chi connectivity index (χ2v) is 2.84. The first-order valence-corrected chi connectivity index (χ1v) is 3.92. The standard InChI is InChI=1S/C8H10N4O/c1-5-6-4-12(2)11-7(6)10-8(9-5)13-3/h4H,1-3H3. The average Bonchev–Trinajstić information content (AvgIpc) is 2.46. The number of methoxy groups -OCH3 is 1. The zero-order valence-corrected chi connectivity index (χ0v) is 7.77. The van der Waals surface area contributed by atoms with Gasteiger partial charge in [0, 0.05) is 13.2 Å². The molecule has 2 heterocycles. The number of hydrogen-bond donors (Lipinski definition) is 0. The molecule has 0 N–H and O–H groups in total. The number of rotatable bonds is 1. The zero-order chi connectivity index (χ0) is 9.42. The van der Waals surface area contributed by atoms with Crippen LogP contribution in [0.15, 0.2) is 6.20 Å². The van der Waals surface area contributed by atoms with Gasteiger partial charge in [-0.3, -0.25) is 4.68 Å². The molecule has 0 aliphatic heterocycles. The van der Waals surface area contributed by atoms with E-state index in [2.05, 4.69) is 15.1 Å². The van der Waals surface area contributed by atoms with Crippen molar-refractivity contribution in [1.82, 2.24) is 19.7 Å². The Morgan fingerprint density at radius 2 is 2.15 bits per heavy atom. The molecule has 0 saturated carbocycles. The van der Waals surface area contributed by atoms with Gasteiger partial charge in [0.25, 0.3) is 0 Å². The molecule has 0 unspecified atom stereocenters. The SMILES string of the molecule is COc1nc(C)c2cn(C)nc2n1. The van der Waals surface area contributed by atoms with Gasteiger partial charge in [0.05, 0.1) is 18.2 Å². The average molecular weight is 178 g/mol. The predicted molar refractivity (Wildman–Crippen MR) is 47.6 cm³/mol. The summed E-state index contributed by atoms with van der Waals surface area (Å²) in [6.07, 6.45) is 1.89. The van der Waals surface area contributed by atoms with Crippen LogP contribution >= 0.6 is 0 Å². The van der Waals surface area contributed by atoms with Crippen LogP contribution in [0.5, 0.6) is 6.01 Å². The van der Waals surface area contributed by atoms with E-state index < -0.39 is 0 Å². The molecule has 13 heavy (non-hydrogen) atoms. The van der Waals surface area contributed by atoms with Gasteiger partial charge >= 0.3 is 6.01 Å². The number of aryl methyl sites for hydroxylation is 2. The molecule has 0 bridgehead atoms. The molecule has 0 atom stereocenters. The summed E-state index contributed by atoms with van der Waals surface area (Å²) in [5, 5.41) is 5.13. The van der Waals surface area contributed by atoms with E-state index in [4.69, 9.17) is 4.74 Å². The Kier molecular flexibility index (Phi) is 1.65. The van der Waals surface area contributed by atoms with Gasteiger partial charge in [0.15, 0.2) is 5.65 Å². The van der Waals surface area contributed by atoms with E-state index in [9.17, 15) is 0 Å².